The number of carbonyl (C=O) groups excluding carboxylic acids is 1. The fraction of sp³-hybridized carbons (Fsp3) is 0.278. The lowest BCUT2D eigenvalue weighted by Gasteiger charge is -2.04. The molecule has 0 saturated heterocycles. The summed E-state index contributed by atoms with van der Waals surface area (Å²) in [7, 11) is 0. The smallest absolute Gasteiger partial charge is 0.227 e. The van der Waals surface area contributed by atoms with Crippen molar-refractivity contribution in [2.75, 3.05) is 5.32 Å². The number of aryl methyl sites for hydroxylation is 3. The van der Waals surface area contributed by atoms with Crippen LogP contribution in [0.25, 0.3) is 0 Å². The zero-order valence-corrected chi connectivity index (χ0v) is 15.0. The molecule has 1 amide bonds. The standard InChI is InChI=1S/C18H20ClN5O/c1-13-4-3-5-15(10-13)11-23-8-6-17(22-23)20-18(25)7-9-24-12-16(19)14(2)21-24/h3-6,8,10,12H,7,9,11H2,1-2H3,(H,20,22,25). The van der Waals surface area contributed by atoms with Gasteiger partial charge in [-0.1, -0.05) is 41.4 Å². The fourth-order valence-electron chi connectivity index (χ4n) is 2.54. The summed E-state index contributed by atoms with van der Waals surface area (Å²) in [6.45, 7) is 5.04. The molecule has 0 fully saturated rings. The largest absolute Gasteiger partial charge is 0.309 e. The highest BCUT2D eigenvalue weighted by Gasteiger charge is 2.08. The molecule has 25 heavy (non-hydrogen) atoms. The fourth-order valence-corrected chi connectivity index (χ4v) is 2.69. The van der Waals surface area contributed by atoms with Gasteiger partial charge in [0.1, 0.15) is 0 Å². The van der Waals surface area contributed by atoms with E-state index in [-0.39, 0.29) is 5.91 Å². The molecule has 6 nitrogen and oxygen atoms in total. The lowest BCUT2D eigenvalue weighted by molar-refractivity contribution is -0.116. The number of nitrogens with one attached hydrogen (secondary N) is 1. The summed E-state index contributed by atoms with van der Waals surface area (Å²) < 4.78 is 3.48. The summed E-state index contributed by atoms with van der Waals surface area (Å²) in [5.74, 6) is 0.442. The summed E-state index contributed by atoms with van der Waals surface area (Å²) in [6.07, 6.45) is 3.89. The van der Waals surface area contributed by atoms with E-state index < -0.39 is 0 Å². The molecular weight excluding hydrogens is 338 g/mol. The molecule has 1 aromatic carbocycles. The predicted octanol–water partition coefficient (Wildman–Crippen LogP) is 3.43. The molecule has 1 N–H and O–H groups in total. The third-order valence-electron chi connectivity index (χ3n) is 3.79. The van der Waals surface area contributed by atoms with Gasteiger partial charge in [0, 0.05) is 31.4 Å². The average Bonchev–Trinajstić information content (AvgIpc) is 3.12. The van der Waals surface area contributed by atoms with Gasteiger partial charge in [-0.3, -0.25) is 14.2 Å². The Kier molecular flexibility index (Phi) is 5.19. The van der Waals surface area contributed by atoms with Gasteiger partial charge in [-0.25, -0.2) is 0 Å². The monoisotopic (exact) mass is 357 g/mol. The van der Waals surface area contributed by atoms with Crippen molar-refractivity contribution in [3.63, 3.8) is 0 Å². The number of anilines is 1. The van der Waals surface area contributed by atoms with Crippen molar-refractivity contribution < 1.29 is 4.79 Å². The zero-order chi connectivity index (χ0) is 17.8. The number of benzene rings is 1. The van der Waals surface area contributed by atoms with Crippen molar-refractivity contribution >= 4 is 23.3 Å². The quantitative estimate of drug-likeness (QED) is 0.735. The molecule has 0 bridgehead atoms. The summed E-state index contributed by atoms with van der Waals surface area (Å²) in [4.78, 5) is 12.1. The van der Waals surface area contributed by atoms with E-state index >= 15 is 0 Å². The van der Waals surface area contributed by atoms with E-state index in [1.165, 1.54) is 11.1 Å². The van der Waals surface area contributed by atoms with E-state index in [2.05, 4.69) is 40.6 Å². The highest BCUT2D eigenvalue weighted by Crippen LogP contribution is 2.12. The number of hydrogen-bond acceptors (Lipinski definition) is 3. The molecule has 0 atom stereocenters. The van der Waals surface area contributed by atoms with Crippen molar-refractivity contribution in [3.05, 3.63) is 64.6 Å². The number of aromatic nitrogens is 4. The topological polar surface area (TPSA) is 64.7 Å². The van der Waals surface area contributed by atoms with Gasteiger partial charge in [-0.05, 0) is 19.4 Å². The van der Waals surface area contributed by atoms with Crippen LogP contribution in [0.4, 0.5) is 5.82 Å². The Morgan fingerprint density at radius 1 is 1.20 bits per heavy atom. The maximum atomic E-state index is 12.1. The predicted molar refractivity (Wildman–Crippen MR) is 97.7 cm³/mol. The van der Waals surface area contributed by atoms with Crippen LogP contribution in [0.5, 0.6) is 0 Å². The first-order valence-corrected chi connectivity index (χ1v) is 8.46. The van der Waals surface area contributed by atoms with Gasteiger partial charge < -0.3 is 5.32 Å². The Balaban J connectivity index is 1.53. The number of halogens is 1. The van der Waals surface area contributed by atoms with Gasteiger partial charge in [-0.15, -0.1) is 0 Å². The molecule has 3 rings (SSSR count). The van der Waals surface area contributed by atoms with Gasteiger partial charge in [0.25, 0.3) is 0 Å². The lowest BCUT2D eigenvalue weighted by Crippen LogP contribution is -2.15. The molecule has 0 aliphatic heterocycles. The number of amides is 1. The van der Waals surface area contributed by atoms with Crippen molar-refractivity contribution in [1.29, 1.82) is 0 Å². The zero-order valence-electron chi connectivity index (χ0n) is 14.2. The minimum atomic E-state index is -0.106. The third-order valence-corrected chi connectivity index (χ3v) is 4.16. The molecule has 0 aliphatic carbocycles. The van der Waals surface area contributed by atoms with Crippen molar-refractivity contribution in [2.24, 2.45) is 0 Å². The Bertz CT molecular complexity index is 864. The second kappa shape index (κ2) is 7.53. The molecule has 130 valence electrons. The van der Waals surface area contributed by atoms with Crippen LogP contribution in [-0.4, -0.2) is 25.5 Å². The molecule has 2 aromatic heterocycles. The maximum absolute atomic E-state index is 12.1. The second-order valence-corrected chi connectivity index (χ2v) is 6.42. The second-order valence-electron chi connectivity index (χ2n) is 6.01. The summed E-state index contributed by atoms with van der Waals surface area (Å²) in [6, 6.07) is 10.1. The molecule has 0 aliphatic rings. The molecule has 7 heteroatoms. The summed E-state index contributed by atoms with van der Waals surface area (Å²) in [5.41, 5.74) is 3.15. The summed E-state index contributed by atoms with van der Waals surface area (Å²) in [5, 5.41) is 12.0. The van der Waals surface area contributed by atoms with Crippen LogP contribution in [0.1, 0.15) is 23.2 Å². The van der Waals surface area contributed by atoms with Crippen molar-refractivity contribution in [1.82, 2.24) is 19.6 Å². The van der Waals surface area contributed by atoms with Crippen LogP contribution in [0.15, 0.2) is 42.7 Å². The molecule has 2 heterocycles. The van der Waals surface area contributed by atoms with E-state index in [0.29, 0.717) is 30.4 Å². The van der Waals surface area contributed by atoms with Gasteiger partial charge in [-0.2, -0.15) is 10.2 Å². The van der Waals surface area contributed by atoms with Crippen LogP contribution < -0.4 is 5.32 Å². The van der Waals surface area contributed by atoms with Crippen molar-refractivity contribution in [3.8, 4) is 0 Å². The number of carbonyl (C=O) groups is 1. The van der Waals surface area contributed by atoms with E-state index in [1.54, 1.807) is 21.6 Å². The van der Waals surface area contributed by atoms with E-state index in [0.717, 1.165) is 5.69 Å². The average molecular weight is 358 g/mol. The Hall–Kier alpha value is -2.60. The summed E-state index contributed by atoms with van der Waals surface area (Å²) >= 11 is 5.96. The lowest BCUT2D eigenvalue weighted by atomic mass is 10.1. The minimum Gasteiger partial charge on any atom is -0.309 e. The molecule has 0 spiro atoms. The van der Waals surface area contributed by atoms with Crippen molar-refractivity contribution in [2.45, 2.75) is 33.4 Å². The minimum absolute atomic E-state index is 0.106. The first kappa shape index (κ1) is 17.2. The maximum Gasteiger partial charge on any atom is 0.227 e. The number of nitrogens with zero attached hydrogens (tertiary/aromatic N) is 4. The Morgan fingerprint density at radius 3 is 2.76 bits per heavy atom. The van der Waals surface area contributed by atoms with Crippen LogP contribution in [0, 0.1) is 13.8 Å². The molecule has 3 aromatic rings. The molecule has 0 unspecified atom stereocenters. The normalized spacial score (nSPS) is 10.8. The van der Waals surface area contributed by atoms with Gasteiger partial charge >= 0.3 is 0 Å². The highest BCUT2D eigenvalue weighted by atomic mass is 35.5. The number of hydrogen-bond donors (Lipinski definition) is 1. The molecular formula is C18H20ClN5O. The number of rotatable bonds is 6. The Labute approximate surface area is 151 Å². The third kappa shape index (κ3) is 4.70. The SMILES string of the molecule is Cc1cccc(Cn2ccc(NC(=O)CCn3cc(Cl)c(C)n3)n2)c1. The van der Waals surface area contributed by atoms with E-state index in [9.17, 15) is 4.79 Å². The highest BCUT2D eigenvalue weighted by molar-refractivity contribution is 6.31. The van der Waals surface area contributed by atoms with E-state index in [4.69, 9.17) is 11.6 Å². The molecule has 0 saturated carbocycles. The van der Waals surface area contributed by atoms with Crippen LogP contribution in [0.2, 0.25) is 5.02 Å². The van der Waals surface area contributed by atoms with Gasteiger partial charge in [0.15, 0.2) is 5.82 Å². The Morgan fingerprint density at radius 2 is 2.04 bits per heavy atom. The van der Waals surface area contributed by atoms with Gasteiger partial charge in [0.05, 0.1) is 17.3 Å². The van der Waals surface area contributed by atoms with E-state index in [1.807, 2.05) is 19.2 Å². The van der Waals surface area contributed by atoms with Crippen LogP contribution in [0.3, 0.4) is 0 Å². The van der Waals surface area contributed by atoms with Crippen LogP contribution in [-0.2, 0) is 17.9 Å². The van der Waals surface area contributed by atoms with Gasteiger partial charge in [0.2, 0.25) is 5.91 Å². The molecule has 0 radical (unpaired) electrons. The first-order valence-electron chi connectivity index (χ1n) is 8.08. The first-order chi connectivity index (χ1) is 12.0. The van der Waals surface area contributed by atoms with Crippen LogP contribution >= 0.6 is 11.6 Å².